The van der Waals surface area contributed by atoms with Crippen LogP contribution in [-0.2, 0) is 0 Å². The number of aliphatic hydroxyl groups excluding tert-OH is 1. The minimum Gasteiger partial charge on any atom is -0.490 e. The third-order valence-electron chi connectivity index (χ3n) is 3.22. The first-order valence-corrected chi connectivity index (χ1v) is 6.02. The van der Waals surface area contributed by atoms with Gasteiger partial charge in [0.05, 0.1) is 13.2 Å². The molecule has 5 N–H and O–H groups in total. The third-order valence-corrected chi connectivity index (χ3v) is 3.22. The Morgan fingerprint density at radius 3 is 2.83 bits per heavy atom. The van der Waals surface area contributed by atoms with Crippen LogP contribution in [0.4, 0.5) is 11.6 Å². The van der Waals surface area contributed by atoms with Crippen molar-refractivity contribution >= 4 is 11.6 Å². The van der Waals surface area contributed by atoms with Crippen LogP contribution in [0.5, 0.6) is 5.75 Å². The maximum absolute atomic E-state index is 9.48. The number of hydrogen-bond donors (Lipinski definition) is 4. The molecule has 0 radical (unpaired) electrons. The van der Waals surface area contributed by atoms with Gasteiger partial charge in [0, 0.05) is 6.54 Å². The second-order valence-corrected chi connectivity index (χ2v) is 4.46. The summed E-state index contributed by atoms with van der Waals surface area (Å²) in [6.07, 6.45) is 4.00. The molecule has 2 unspecified atom stereocenters. The molecule has 2 rings (SSSR count). The average Bonchev–Trinajstić information content (AvgIpc) is 2.81. The van der Waals surface area contributed by atoms with Gasteiger partial charge in [-0.05, 0) is 25.2 Å². The van der Waals surface area contributed by atoms with Crippen LogP contribution in [0, 0.1) is 5.92 Å². The van der Waals surface area contributed by atoms with Crippen LogP contribution in [0.25, 0.3) is 0 Å². The molecule has 18 heavy (non-hydrogen) atoms. The van der Waals surface area contributed by atoms with Crippen LogP contribution in [0.3, 0.4) is 0 Å². The summed E-state index contributed by atoms with van der Waals surface area (Å²) in [7, 11) is 1.55. The Bertz CT molecular complexity index is 401. The van der Waals surface area contributed by atoms with E-state index in [-0.39, 0.29) is 6.10 Å². The van der Waals surface area contributed by atoms with E-state index in [0.29, 0.717) is 23.3 Å². The molecule has 1 aromatic rings. The van der Waals surface area contributed by atoms with Crippen LogP contribution >= 0.6 is 0 Å². The Hall–Kier alpha value is -1.60. The molecule has 1 fully saturated rings. The summed E-state index contributed by atoms with van der Waals surface area (Å²) in [5, 5.41) is 12.7. The Morgan fingerprint density at radius 1 is 1.44 bits per heavy atom. The molecule has 7 nitrogen and oxygen atoms in total. The van der Waals surface area contributed by atoms with Gasteiger partial charge in [-0.3, -0.25) is 0 Å². The fourth-order valence-electron chi connectivity index (χ4n) is 2.27. The number of aliphatic hydroxyl groups is 1. The minimum absolute atomic E-state index is 0.162. The van der Waals surface area contributed by atoms with Gasteiger partial charge in [-0.25, -0.2) is 15.8 Å². The smallest absolute Gasteiger partial charge is 0.205 e. The van der Waals surface area contributed by atoms with Crippen LogP contribution in [0.1, 0.15) is 19.3 Å². The van der Waals surface area contributed by atoms with Crippen LogP contribution in [0.15, 0.2) is 6.33 Å². The van der Waals surface area contributed by atoms with E-state index in [4.69, 9.17) is 10.6 Å². The number of nitrogens with zero attached hydrogens (tertiary/aromatic N) is 2. The van der Waals surface area contributed by atoms with E-state index < -0.39 is 0 Å². The van der Waals surface area contributed by atoms with Crippen molar-refractivity contribution in [3.8, 4) is 5.75 Å². The average molecular weight is 253 g/mol. The summed E-state index contributed by atoms with van der Waals surface area (Å²) in [4.78, 5) is 8.10. The van der Waals surface area contributed by atoms with Crippen LogP contribution < -0.4 is 21.3 Å². The zero-order valence-corrected chi connectivity index (χ0v) is 10.4. The van der Waals surface area contributed by atoms with Crippen molar-refractivity contribution in [1.29, 1.82) is 0 Å². The predicted molar refractivity (Wildman–Crippen MR) is 68.2 cm³/mol. The first-order valence-electron chi connectivity index (χ1n) is 6.02. The van der Waals surface area contributed by atoms with E-state index in [1.165, 1.54) is 6.33 Å². The monoisotopic (exact) mass is 253 g/mol. The number of hydrazine groups is 1. The number of hydrogen-bond acceptors (Lipinski definition) is 7. The van der Waals surface area contributed by atoms with Crippen molar-refractivity contribution in [1.82, 2.24) is 9.97 Å². The normalized spacial score (nSPS) is 22.8. The number of anilines is 2. The molecule has 7 heteroatoms. The lowest BCUT2D eigenvalue weighted by Crippen LogP contribution is -2.16. The van der Waals surface area contributed by atoms with Gasteiger partial charge in [0.1, 0.15) is 6.33 Å². The molecule has 0 saturated heterocycles. The van der Waals surface area contributed by atoms with Crippen LogP contribution in [-0.4, -0.2) is 34.8 Å². The minimum atomic E-state index is -0.162. The largest absolute Gasteiger partial charge is 0.490 e. The molecule has 100 valence electrons. The summed E-state index contributed by atoms with van der Waals surface area (Å²) < 4.78 is 5.22. The fraction of sp³-hybridized carbons (Fsp3) is 0.636. The zero-order chi connectivity index (χ0) is 13.0. The highest BCUT2D eigenvalue weighted by molar-refractivity contribution is 5.62. The van der Waals surface area contributed by atoms with Crippen molar-refractivity contribution < 1.29 is 9.84 Å². The quantitative estimate of drug-likeness (QED) is 0.443. The van der Waals surface area contributed by atoms with Crippen molar-refractivity contribution in [2.45, 2.75) is 25.4 Å². The second kappa shape index (κ2) is 5.83. The second-order valence-electron chi connectivity index (χ2n) is 4.46. The molecular weight excluding hydrogens is 234 g/mol. The highest BCUT2D eigenvalue weighted by Gasteiger charge is 2.23. The van der Waals surface area contributed by atoms with E-state index in [1.807, 2.05) is 0 Å². The number of nitrogen functional groups attached to an aromatic ring is 1. The topological polar surface area (TPSA) is 105 Å². The summed E-state index contributed by atoms with van der Waals surface area (Å²) in [6.45, 7) is 0.758. The van der Waals surface area contributed by atoms with Gasteiger partial charge in [0.2, 0.25) is 5.75 Å². The Labute approximate surface area is 106 Å². The van der Waals surface area contributed by atoms with E-state index >= 15 is 0 Å². The summed E-state index contributed by atoms with van der Waals surface area (Å²) >= 11 is 0. The zero-order valence-electron chi connectivity index (χ0n) is 10.4. The summed E-state index contributed by atoms with van der Waals surface area (Å²) in [5.74, 6) is 7.37. The van der Waals surface area contributed by atoms with Gasteiger partial charge in [-0.2, -0.15) is 0 Å². The van der Waals surface area contributed by atoms with Crippen molar-refractivity contribution in [3.05, 3.63) is 6.33 Å². The molecule has 1 aliphatic carbocycles. The third kappa shape index (κ3) is 2.80. The molecule has 1 aliphatic rings. The van der Waals surface area contributed by atoms with Gasteiger partial charge in [0.15, 0.2) is 11.6 Å². The van der Waals surface area contributed by atoms with E-state index in [2.05, 4.69) is 20.7 Å². The maximum atomic E-state index is 9.48. The number of nitrogens with two attached hydrogens (primary N) is 1. The molecule has 1 heterocycles. The summed E-state index contributed by atoms with van der Waals surface area (Å²) in [6, 6.07) is 0. The van der Waals surface area contributed by atoms with Crippen molar-refractivity contribution in [2.75, 3.05) is 24.4 Å². The molecule has 0 bridgehead atoms. The molecule has 1 saturated carbocycles. The molecular formula is C11H19N5O2. The first-order chi connectivity index (χ1) is 8.74. The highest BCUT2D eigenvalue weighted by atomic mass is 16.5. The molecule has 0 spiro atoms. The standard InChI is InChI=1S/C11H19N5O2/c1-18-9-10(14-6-15-11(9)16-12)13-5-7-2-3-8(17)4-7/h6-8,17H,2-5,12H2,1H3,(H2,13,14,15,16). The molecule has 1 aromatic heterocycles. The first kappa shape index (κ1) is 12.8. The van der Waals surface area contributed by atoms with Gasteiger partial charge in [-0.1, -0.05) is 0 Å². The number of aromatic nitrogens is 2. The Kier molecular flexibility index (Phi) is 4.16. The number of ether oxygens (including phenoxy) is 1. The van der Waals surface area contributed by atoms with Crippen LogP contribution in [0.2, 0.25) is 0 Å². The Morgan fingerprint density at radius 2 is 2.22 bits per heavy atom. The number of methoxy groups -OCH3 is 1. The molecule has 0 aliphatic heterocycles. The maximum Gasteiger partial charge on any atom is 0.205 e. The van der Waals surface area contributed by atoms with Crippen molar-refractivity contribution in [2.24, 2.45) is 11.8 Å². The molecule has 2 atom stereocenters. The highest BCUT2D eigenvalue weighted by Crippen LogP contribution is 2.30. The number of rotatable bonds is 5. The fourth-order valence-corrected chi connectivity index (χ4v) is 2.27. The SMILES string of the molecule is COc1c(NN)ncnc1NCC1CCC(O)C1. The Balaban J connectivity index is 2.00. The van der Waals surface area contributed by atoms with Gasteiger partial charge < -0.3 is 20.6 Å². The lowest BCUT2D eigenvalue weighted by molar-refractivity contribution is 0.178. The van der Waals surface area contributed by atoms with Gasteiger partial charge >= 0.3 is 0 Å². The number of nitrogens with one attached hydrogen (secondary N) is 2. The van der Waals surface area contributed by atoms with Gasteiger partial charge in [0.25, 0.3) is 0 Å². The predicted octanol–water partition coefficient (Wildman–Crippen LogP) is 0.344. The molecule has 0 aromatic carbocycles. The lowest BCUT2D eigenvalue weighted by Gasteiger charge is -2.15. The van der Waals surface area contributed by atoms with E-state index in [1.54, 1.807) is 7.11 Å². The van der Waals surface area contributed by atoms with E-state index in [9.17, 15) is 5.11 Å². The van der Waals surface area contributed by atoms with Crippen molar-refractivity contribution in [3.63, 3.8) is 0 Å². The van der Waals surface area contributed by atoms with Gasteiger partial charge in [-0.15, -0.1) is 0 Å². The summed E-state index contributed by atoms with van der Waals surface area (Å²) in [5.41, 5.74) is 2.47. The van der Waals surface area contributed by atoms with E-state index in [0.717, 1.165) is 25.8 Å². The molecule has 0 amide bonds. The lowest BCUT2D eigenvalue weighted by atomic mass is 10.1.